The number of rotatable bonds is 7. The molecular formula is C16H29NOS. The Bertz CT molecular complexity index is 293. The van der Waals surface area contributed by atoms with Gasteiger partial charge in [0.15, 0.2) is 0 Å². The molecule has 1 heterocycles. The van der Waals surface area contributed by atoms with Crippen LogP contribution in [0, 0.1) is 5.92 Å². The van der Waals surface area contributed by atoms with E-state index in [0.29, 0.717) is 0 Å². The lowest BCUT2D eigenvalue weighted by atomic mass is 9.90. The zero-order valence-electron chi connectivity index (χ0n) is 12.5. The van der Waals surface area contributed by atoms with Crippen LogP contribution >= 0.6 is 12.6 Å². The zero-order valence-corrected chi connectivity index (χ0v) is 13.4. The Labute approximate surface area is 124 Å². The van der Waals surface area contributed by atoms with Gasteiger partial charge < -0.3 is 4.90 Å². The highest BCUT2D eigenvalue weighted by Gasteiger charge is 2.24. The second-order valence-electron chi connectivity index (χ2n) is 5.84. The van der Waals surface area contributed by atoms with Crippen LogP contribution < -0.4 is 0 Å². The van der Waals surface area contributed by atoms with Gasteiger partial charge in [-0.2, -0.15) is 12.6 Å². The Morgan fingerprint density at radius 2 is 2.00 bits per heavy atom. The fraction of sp³-hybridized carbons (Fsp3) is 0.812. The number of hydrogen-bond acceptors (Lipinski definition) is 2. The molecule has 0 saturated carbocycles. The number of carbonyl (C=O) groups excluding carboxylic acids is 1. The van der Waals surface area contributed by atoms with E-state index in [1.807, 2.05) is 11.8 Å². The number of hydrogen-bond donors (Lipinski definition) is 1. The quantitative estimate of drug-likeness (QED) is 0.551. The van der Waals surface area contributed by atoms with Gasteiger partial charge in [0, 0.05) is 13.1 Å². The number of allylic oxidation sites excluding steroid dienone is 1. The average Bonchev–Trinajstić information content (AvgIpc) is 2.39. The molecule has 1 fully saturated rings. The van der Waals surface area contributed by atoms with Crippen LogP contribution in [-0.4, -0.2) is 29.1 Å². The van der Waals surface area contributed by atoms with Crippen LogP contribution in [0.15, 0.2) is 12.2 Å². The van der Waals surface area contributed by atoms with Crippen molar-refractivity contribution in [3.63, 3.8) is 0 Å². The molecule has 1 aliphatic rings. The highest BCUT2D eigenvalue weighted by molar-refractivity contribution is 7.81. The SMILES string of the molecule is C=C(CCC)CCCC1CCN(C(=O)C(C)S)CC1. The molecule has 0 aromatic carbocycles. The molecule has 1 atom stereocenters. The minimum atomic E-state index is -0.158. The zero-order chi connectivity index (χ0) is 14.3. The van der Waals surface area contributed by atoms with Gasteiger partial charge in [0.05, 0.1) is 5.25 Å². The van der Waals surface area contributed by atoms with Crippen LogP contribution in [0.1, 0.15) is 58.8 Å². The van der Waals surface area contributed by atoms with Crippen LogP contribution in [0.2, 0.25) is 0 Å². The van der Waals surface area contributed by atoms with E-state index < -0.39 is 0 Å². The molecule has 0 aliphatic carbocycles. The van der Waals surface area contributed by atoms with E-state index in [1.54, 1.807) is 0 Å². The van der Waals surface area contributed by atoms with E-state index in [9.17, 15) is 4.79 Å². The van der Waals surface area contributed by atoms with Crippen LogP contribution in [-0.2, 0) is 4.79 Å². The summed E-state index contributed by atoms with van der Waals surface area (Å²) in [7, 11) is 0. The molecule has 1 unspecified atom stereocenters. The smallest absolute Gasteiger partial charge is 0.235 e. The normalized spacial score (nSPS) is 18.4. The molecule has 1 saturated heterocycles. The van der Waals surface area contributed by atoms with Crippen molar-refractivity contribution in [3.05, 3.63) is 12.2 Å². The van der Waals surface area contributed by atoms with Crippen molar-refractivity contribution in [3.8, 4) is 0 Å². The molecule has 1 aliphatic heterocycles. The predicted octanol–water partition coefficient (Wildman–Crippen LogP) is 4.07. The number of thiol groups is 1. The largest absolute Gasteiger partial charge is 0.342 e. The van der Waals surface area contributed by atoms with E-state index in [4.69, 9.17) is 0 Å². The summed E-state index contributed by atoms with van der Waals surface area (Å²) < 4.78 is 0. The van der Waals surface area contributed by atoms with E-state index in [0.717, 1.165) is 31.8 Å². The molecule has 3 heteroatoms. The van der Waals surface area contributed by atoms with Crippen LogP contribution in [0.25, 0.3) is 0 Å². The van der Waals surface area contributed by atoms with Gasteiger partial charge in [0.2, 0.25) is 5.91 Å². The summed E-state index contributed by atoms with van der Waals surface area (Å²) in [5, 5.41) is -0.158. The lowest BCUT2D eigenvalue weighted by Gasteiger charge is -2.33. The fourth-order valence-electron chi connectivity index (χ4n) is 2.83. The molecule has 1 rings (SSSR count). The van der Waals surface area contributed by atoms with Gasteiger partial charge >= 0.3 is 0 Å². The minimum Gasteiger partial charge on any atom is -0.342 e. The monoisotopic (exact) mass is 283 g/mol. The summed E-state index contributed by atoms with van der Waals surface area (Å²) in [6.07, 6.45) is 8.44. The first-order valence-corrected chi connectivity index (χ1v) is 8.19. The summed E-state index contributed by atoms with van der Waals surface area (Å²) >= 11 is 4.22. The summed E-state index contributed by atoms with van der Waals surface area (Å²) in [6.45, 7) is 10.0. The maximum atomic E-state index is 11.8. The first-order chi connectivity index (χ1) is 9.04. The van der Waals surface area contributed by atoms with Gasteiger partial charge in [-0.3, -0.25) is 4.79 Å². The maximum Gasteiger partial charge on any atom is 0.235 e. The standard InChI is InChI=1S/C16H29NOS/c1-4-6-13(2)7-5-8-15-9-11-17(12-10-15)16(18)14(3)19/h14-15,19H,2,4-12H2,1,3H3. The molecule has 0 radical (unpaired) electrons. The Morgan fingerprint density at radius 1 is 1.37 bits per heavy atom. The number of carbonyl (C=O) groups is 1. The number of nitrogens with zero attached hydrogens (tertiary/aromatic N) is 1. The van der Waals surface area contributed by atoms with Gasteiger partial charge in [-0.05, 0) is 44.9 Å². The van der Waals surface area contributed by atoms with E-state index in [1.165, 1.54) is 37.7 Å². The maximum absolute atomic E-state index is 11.8. The van der Waals surface area contributed by atoms with Crippen LogP contribution in [0.5, 0.6) is 0 Å². The Kier molecular flexibility index (Phi) is 7.59. The number of piperidine rings is 1. The van der Waals surface area contributed by atoms with E-state index in [2.05, 4.69) is 26.1 Å². The predicted molar refractivity (Wildman–Crippen MR) is 85.7 cm³/mol. The van der Waals surface area contributed by atoms with Crippen LogP contribution in [0.4, 0.5) is 0 Å². The molecule has 0 bridgehead atoms. The second-order valence-corrected chi connectivity index (χ2v) is 6.61. The first kappa shape index (κ1) is 16.6. The number of likely N-dealkylation sites (tertiary alicyclic amines) is 1. The Balaban J connectivity index is 2.16. The molecule has 110 valence electrons. The van der Waals surface area contributed by atoms with E-state index >= 15 is 0 Å². The fourth-order valence-corrected chi connectivity index (χ4v) is 2.99. The first-order valence-electron chi connectivity index (χ1n) is 7.68. The van der Waals surface area contributed by atoms with Crippen molar-refractivity contribution < 1.29 is 4.79 Å². The van der Waals surface area contributed by atoms with Crippen molar-refractivity contribution in [1.29, 1.82) is 0 Å². The molecule has 0 spiro atoms. The molecule has 0 aromatic rings. The summed E-state index contributed by atoms with van der Waals surface area (Å²) in [6, 6.07) is 0. The third-order valence-corrected chi connectivity index (χ3v) is 4.25. The van der Waals surface area contributed by atoms with Crippen molar-refractivity contribution in [2.24, 2.45) is 5.92 Å². The van der Waals surface area contributed by atoms with Crippen LogP contribution in [0.3, 0.4) is 0 Å². The summed E-state index contributed by atoms with van der Waals surface area (Å²) in [5.74, 6) is 0.992. The summed E-state index contributed by atoms with van der Waals surface area (Å²) in [4.78, 5) is 13.8. The third kappa shape index (κ3) is 6.03. The van der Waals surface area contributed by atoms with Crippen molar-refractivity contribution in [2.75, 3.05) is 13.1 Å². The summed E-state index contributed by atoms with van der Waals surface area (Å²) in [5.41, 5.74) is 1.40. The van der Waals surface area contributed by atoms with Gasteiger partial charge in [0.1, 0.15) is 0 Å². The highest BCUT2D eigenvalue weighted by Crippen LogP contribution is 2.24. The second kappa shape index (κ2) is 8.68. The molecule has 0 N–H and O–H groups in total. The molecule has 1 amide bonds. The Hall–Kier alpha value is -0.440. The van der Waals surface area contributed by atoms with Gasteiger partial charge in [-0.15, -0.1) is 0 Å². The van der Waals surface area contributed by atoms with Gasteiger partial charge in [-0.25, -0.2) is 0 Å². The lowest BCUT2D eigenvalue weighted by molar-refractivity contribution is -0.131. The molecule has 0 aromatic heterocycles. The van der Waals surface area contributed by atoms with E-state index in [-0.39, 0.29) is 11.2 Å². The van der Waals surface area contributed by atoms with Gasteiger partial charge in [-0.1, -0.05) is 31.9 Å². The van der Waals surface area contributed by atoms with Crippen molar-refractivity contribution in [2.45, 2.75) is 64.0 Å². The Morgan fingerprint density at radius 3 is 2.53 bits per heavy atom. The highest BCUT2D eigenvalue weighted by atomic mass is 32.1. The van der Waals surface area contributed by atoms with Crippen molar-refractivity contribution in [1.82, 2.24) is 4.90 Å². The third-order valence-electron chi connectivity index (χ3n) is 4.03. The number of amides is 1. The lowest BCUT2D eigenvalue weighted by Crippen LogP contribution is -2.41. The van der Waals surface area contributed by atoms with Crippen molar-refractivity contribution >= 4 is 18.5 Å². The molecular weight excluding hydrogens is 254 g/mol. The molecule has 19 heavy (non-hydrogen) atoms. The molecule has 2 nitrogen and oxygen atoms in total. The minimum absolute atomic E-state index is 0.158. The van der Waals surface area contributed by atoms with Gasteiger partial charge in [0.25, 0.3) is 0 Å². The topological polar surface area (TPSA) is 20.3 Å². The average molecular weight is 283 g/mol.